The third-order valence-electron chi connectivity index (χ3n) is 4.49. The van der Waals surface area contributed by atoms with E-state index in [0.717, 1.165) is 24.9 Å². The Balaban J connectivity index is 1.67. The van der Waals surface area contributed by atoms with Gasteiger partial charge in [0, 0.05) is 18.4 Å². The summed E-state index contributed by atoms with van der Waals surface area (Å²) in [6.07, 6.45) is 4.13. The first-order valence-electron chi connectivity index (χ1n) is 9.65. The Kier molecular flexibility index (Phi) is 5.97. The quantitative estimate of drug-likeness (QED) is 0.869. The maximum atomic E-state index is 13.0. The highest BCUT2D eigenvalue weighted by Crippen LogP contribution is 2.27. The predicted molar refractivity (Wildman–Crippen MR) is 108 cm³/mol. The number of nitrogens with zero attached hydrogens (tertiary/aromatic N) is 2. The molecule has 0 bridgehead atoms. The summed E-state index contributed by atoms with van der Waals surface area (Å²) in [4.78, 5) is 31.0. The van der Waals surface area contributed by atoms with E-state index in [0.29, 0.717) is 17.8 Å². The number of para-hydroxylation sites is 1. The van der Waals surface area contributed by atoms with E-state index in [9.17, 15) is 9.59 Å². The van der Waals surface area contributed by atoms with Crippen LogP contribution in [0.4, 0.5) is 10.5 Å². The maximum absolute atomic E-state index is 13.0. The molecule has 1 aromatic heterocycles. The van der Waals surface area contributed by atoms with Crippen molar-refractivity contribution in [2.45, 2.75) is 52.2 Å². The van der Waals surface area contributed by atoms with Crippen LogP contribution in [0.25, 0.3) is 0 Å². The van der Waals surface area contributed by atoms with Gasteiger partial charge in [-0.2, -0.15) is 0 Å². The molecule has 0 aliphatic carbocycles. The fourth-order valence-corrected chi connectivity index (χ4v) is 3.19. The summed E-state index contributed by atoms with van der Waals surface area (Å²) in [5.74, 6) is -0.0477. The molecule has 0 saturated carbocycles. The van der Waals surface area contributed by atoms with Crippen LogP contribution in [0.2, 0.25) is 0 Å². The zero-order chi connectivity index (χ0) is 20.1. The average Bonchev–Trinajstić information content (AvgIpc) is 2.87. The first-order valence-corrected chi connectivity index (χ1v) is 9.65. The molecule has 1 aromatic carbocycles. The van der Waals surface area contributed by atoms with Gasteiger partial charge in [0.1, 0.15) is 5.60 Å². The second kappa shape index (κ2) is 8.42. The van der Waals surface area contributed by atoms with Gasteiger partial charge in [-0.1, -0.05) is 18.2 Å². The lowest BCUT2D eigenvalue weighted by atomic mass is 10.1. The van der Waals surface area contributed by atoms with Crippen molar-refractivity contribution in [3.8, 4) is 0 Å². The number of anilines is 1. The van der Waals surface area contributed by atoms with Crippen molar-refractivity contribution < 1.29 is 14.3 Å². The molecule has 2 aromatic rings. The fourth-order valence-electron chi connectivity index (χ4n) is 3.19. The number of ether oxygens (including phenoxy) is 1. The summed E-state index contributed by atoms with van der Waals surface area (Å²) < 4.78 is 5.21. The summed E-state index contributed by atoms with van der Waals surface area (Å²) >= 11 is 0. The number of amides is 2. The van der Waals surface area contributed by atoms with E-state index >= 15 is 0 Å². The standard InChI is InChI=1S/C22H27N3O3/c1-22(2,3)28-21(27)24-15-18-12-11-17(14-23-18)20(26)25-13-7-6-9-16-8-4-5-10-19(16)25/h4-5,8,10-12,14H,6-7,9,13,15H2,1-3H3,(H,24,27). The van der Waals surface area contributed by atoms with Crippen LogP contribution < -0.4 is 10.2 Å². The Morgan fingerprint density at radius 1 is 1.14 bits per heavy atom. The minimum absolute atomic E-state index is 0.0477. The summed E-state index contributed by atoms with van der Waals surface area (Å²) in [5, 5.41) is 2.67. The van der Waals surface area contributed by atoms with Gasteiger partial charge in [-0.25, -0.2) is 4.79 Å². The molecule has 2 heterocycles. The molecule has 2 amide bonds. The number of pyridine rings is 1. The molecule has 0 spiro atoms. The Hall–Kier alpha value is -2.89. The lowest BCUT2D eigenvalue weighted by Crippen LogP contribution is -2.32. The van der Waals surface area contributed by atoms with Gasteiger partial charge in [0.05, 0.1) is 17.8 Å². The number of hydrogen-bond donors (Lipinski definition) is 1. The van der Waals surface area contributed by atoms with E-state index in [1.54, 1.807) is 18.3 Å². The highest BCUT2D eigenvalue weighted by molar-refractivity contribution is 6.06. The van der Waals surface area contributed by atoms with E-state index in [1.165, 1.54) is 5.56 Å². The molecule has 0 fully saturated rings. The number of rotatable bonds is 3. The van der Waals surface area contributed by atoms with E-state index in [1.807, 2.05) is 43.9 Å². The van der Waals surface area contributed by atoms with Gasteiger partial charge in [0.25, 0.3) is 5.91 Å². The molecule has 148 valence electrons. The number of hydrogen-bond acceptors (Lipinski definition) is 4. The molecule has 0 radical (unpaired) electrons. The number of carbonyl (C=O) groups excluding carboxylic acids is 2. The van der Waals surface area contributed by atoms with Gasteiger partial charge in [-0.3, -0.25) is 9.78 Å². The molecular weight excluding hydrogens is 354 g/mol. The van der Waals surface area contributed by atoms with E-state index in [4.69, 9.17) is 4.74 Å². The summed E-state index contributed by atoms with van der Waals surface area (Å²) in [6, 6.07) is 11.6. The van der Waals surface area contributed by atoms with E-state index in [-0.39, 0.29) is 12.5 Å². The van der Waals surface area contributed by atoms with E-state index < -0.39 is 11.7 Å². The van der Waals surface area contributed by atoms with Gasteiger partial charge < -0.3 is 15.0 Å². The van der Waals surface area contributed by atoms with Crippen LogP contribution in [-0.4, -0.2) is 29.1 Å². The van der Waals surface area contributed by atoms with Crippen LogP contribution in [0.3, 0.4) is 0 Å². The lowest BCUT2D eigenvalue weighted by molar-refractivity contribution is 0.0522. The van der Waals surface area contributed by atoms with Crippen LogP contribution in [0.1, 0.15) is 55.2 Å². The van der Waals surface area contributed by atoms with Crippen LogP contribution in [0, 0.1) is 0 Å². The van der Waals surface area contributed by atoms with Crippen LogP contribution in [0.15, 0.2) is 42.6 Å². The Morgan fingerprint density at radius 2 is 1.93 bits per heavy atom. The molecule has 1 aliphatic rings. The number of fused-ring (bicyclic) bond motifs is 1. The van der Waals surface area contributed by atoms with Crippen molar-refractivity contribution in [1.29, 1.82) is 0 Å². The average molecular weight is 381 g/mol. The van der Waals surface area contributed by atoms with Crippen molar-refractivity contribution in [3.63, 3.8) is 0 Å². The molecule has 6 nitrogen and oxygen atoms in total. The van der Waals surface area contributed by atoms with Gasteiger partial charge in [0.15, 0.2) is 0 Å². The van der Waals surface area contributed by atoms with E-state index in [2.05, 4.69) is 16.4 Å². The molecule has 6 heteroatoms. The number of aryl methyl sites for hydroxylation is 1. The highest BCUT2D eigenvalue weighted by atomic mass is 16.6. The van der Waals surface area contributed by atoms with Crippen molar-refractivity contribution in [2.75, 3.05) is 11.4 Å². The summed E-state index contributed by atoms with van der Waals surface area (Å²) in [5.41, 5.74) is 2.86. The van der Waals surface area contributed by atoms with Crippen molar-refractivity contribution in [3.05, 3.63) is 59.4 Å². The minimum Gasteiger partial charge on any atom is -0.444 e. The minimum atomic E-state index is -0.544. The molecule has 28 heavy (non-hydrogen) atoms. The van der Waals surface area contributed by atoms with Crippen molar-refractivity contribution >= 4 is 17.7 Å². The molecule has 1 N–H and O–H groups in total. The number of aromatic nitrogens is 1. The van der Waals surface area contributed by atoms with Gasteiger partial charge in [0.2, 0.25) is 0 Å². The van der Waals surface area contributed by atoms with Gasteiger partial charge in [-0.15, -0.1) is 0 Å². The highest BCUT2D eigenvalue weighted by Gasteiger charge is 2.22. The predicted octanol–water partition coefficient (Wildman–Crippen LogP) is 4.09. The first kappa shape index (κ1) is 19.9. The second-order valence-corrected chi connectivity index (χ2v) is 7.94. The monoisotopic (exact) mass is 381 g/mol. The third kappa shape index (κ3) is 5.09. The summed E-state index contributed by atoms with van der Waals surface area (Å²) in [6.45, 7) is 6.39. The fraction of sp³-hybridized carbons (Fsp3) is 0.409. The number of carbonyl (C=O) groups is 2. The van der Waals surface area contributed by atoms with Crippen molar-refractivity contribution in [2.24, 2.45) is 0 Å². The van der Waals surface area contributed by atoms with Crippen LogP contribution in [0.5, 0.6) is 0 Å². The van der Waals surface area contributed by atoms with Gasteiger partial charge in [-0.05, 0) is 63.8 Å². The molecular formula is C22H27N3O3. The molecule has 0 saturated heterocycles. The lowest BCUT2D eigenvalue weighted by Gasteiger charge is -2.23. The SMILES string of the molecule is CC(C)(C)OC(=O)NCc1ccc(C(=O)N2CCCCc3ccccc32)cn1. The van der Waals surface area contributed by atoms with Crippen molar-refractivity contribution in [1.82, 2.24) is 10.3 Å². The van der Waals surface area contributed by atoms with Crippen LogP contribution in [-0.2, 0) is 17.7 Å². The summed E-state index contributed by atoms with van der Waals surface area (Å²) in [7, 11) is 0. The first-order chi connectivity index (χ1) is 13.3. The number of nitrogens with one attached hydrogen (secondary N) is 1. The number of benzene rings is 1. The topological polar surface area (TPSA) is 71.5 Å². The Bertz CT molecular complexity index is 841. The zero-order valence-corrected chi connectivity index (χ0v) is 16.7. The molecule has 0 atom stereocenters. The normalized spacial score (nSPS) is 14.0. The van der Waals surface area contributed by atoms with Crippen LogP contribution >= 0.6 is 0 Å². The molecule has 1 aliphatic heterocycles. The molecule has 0 unspecified atom stereocenters. The number of alkyl carbamates (subject to hydrolysis) is 1. The Morgan fingerprint density at radius 3 is 2.64 bits per heavy atom. The Labute approximate surface area is 165 Å². The smallest absolute Gasteiger partial charge is 0.407 e. The largest absolute Gasteiger partial charge is 0.444 e. The second-order valence-electron chi connectivity index (χ2n) is 7.94. The third-order valence-corrected chi connectivity index (χ3v) is 4.49. The maximum Gasteiger partial charge on any atom is 0.407 e. The zero-order valence-electron chi connectivity index (χ0n) is 16.7. The van der Waals surface area contributed by atoms with Gasteiger partial charge >= 0.3 is 6.09 Å². The molecule has 3 rings (SSSR count).